The molecule has 2 aliphatic rings. The van der Waals surface area contributed by atoms with Crippen molar-refractivity contribution in [3.8, 4) is 0 Å². The maximum Gasteiger partial charge on any atom is 0.501 e. The van der Waals surface area contributed by atoms with Gasteiger partial charge in [-0.05, 0) is 53.4 Å². The van der Waals surface area contributed by atoms with Crippen molar-refractivity contribution in [2.45, 2.75) is 109 Å². The Morgan fingerprint density at radius 2 is 1.21 bits per heavy atom. The molecule has 2 fully saturated rings. The second-order valence-corrected chi connectivity index (χ2v) is 12.4. The Kier molecular flexibility index (Phi) is 14.7. The predicted molar refractivity (Wildman–Crippen MR) is 132 cm³/mol. The summed E-state index contributed by atoms with van der Waals surface area (Å²) in [6, 6.07) is 0.886. The van der Waals surface area contributed by atoms with E-state index >= 15 is 0 Å². The van der Waals surface area contributed by atoms with Crippen LogP contribution >= 0.6 is 0 Å². The van der Waals surface area contributed by atoms with Gasteiger partial charge in [0, 0.05) is 32.5 Å². The molecule has 2 atom stereocenters. The summed E-state index contributed by atoms with van der Waals surface area (Å²) in [5.41, 5.74) is -0.241. The van der Waals surface area contributed by atoms with Crippen LogP contribution in [0.2, 0.25) is 6.04 Å². The van der Waals surface area contributed by atoms with Crippen molar-refractivity contribution < 1.29 is 32.2 Å². The smallest absolute Gasteiger partial charge is 0.379 e. The lowest BCUT2D eigenvalue weighted by molar-refractivity contribution is -0.0160. The molecule has 33 heavy (non-hydrogen) atoms. The maximum absolute atomic E-state index is 6.68. The summed E-state index contributed by atoms with van der Waals surface area (Å²) >= 11 is 0. The average molecular weight is 491 g/mol. The third kappa shape index (κ3) is 14.8. The number of ether oxygens (including phenoxy) is 4. The zero-order chi connectivity index (χ0) is 23.8. The highest BCUT2D eigenvalue weighted by Crippen LogP contribution is 2.29. The largest absolute Gasteiger partial charge is 0.501 e. The first-order valence-corrected chi connectivity index (χ1v) is 15.3. The van der Waals surface area contributed by atoms with Crippen LogP contribution in [0.1, 0.15) is 85.5 Å². The van der Waals surface area contributed by atoms with E-state index in [4.69, 9.17) is 32.2 Å². The summed E-state index contributed by atoms with van der Waals surface area (Å²) in [6.45, 7) is 14.6. The Hall–Kier alpha value is -0.0631. The van der Waals surface area contributed by atoms with Gasteiger partial charge in [0.25, 0.3) is 0 Å². The molecule has 2 unspecified atom stereocenters. The van der Waals surface area contributed by atoms with Crippen LogP contribution in [0, 0.1) is 0 Å². The summed E-state index contributed by atoms with van der Waals surface area (Å²) in [7, 11) is -2.68. The van der Waals surface area contributed by atoms with E-state index in [9.17, 15) is 0 Å². The number of hydrogen-bond acceptors (Lipinski definition) is 7. The molecule has 0 aromatic rings. The van der Waals surface area contributed by atoms with Crippen molar-refractivity contribution in [1.82, 2.24) is 0 Å². The topological polar surface area (TPSA) is 71.2 Å². The van der Waals surface area contributed by atoms with E-state index < -0.39 is 8.80 Å². The summed E-state index contributed by atoms with van der Waals surface area (Å²) in [6.07, 6.45) is 10.9. The van der Waals surface area contributed by atoms with Gasteiger partial charge in [-0.3, -0.25) is 0 Å². The van der Waals surface area contributed by atoms with E-state index in [1.54, 1.807) is 0 Å². The van der Waals surface area contributed by atoms with E-state index in [-0.39, 0.29) is 5.60 Å². The standard InChI is InChI=1S/C25H50O7Si/c1-5-30-33(31-6-2,18-14-10-9-13-17-27-20-24-22-29-24)32-25(3,4)15-11-7-8-12-16-26-19-23-21-28-23/h23-24H,5-22H2,1-4H3. The second kappa shape index (κ2) is 16.6. The van der Waals surface area contributed by atoms with Crippen molar-refractivity contribution >= 4 is 8.80 Å². The molecule has 0 N–H and O–H groups in total. The van der Waals surface area contributed by atoms with E-state index in [0.29, 0.717) is 25.4 Å². The molecule has 2 aliphatic heterocycles. The van der Waals surface area contributed by atoms with Gasteiger partial charge in [-0.25, -0.2) is 0 Å². The van der Waals surface area contributed by atoms with Crippen LogP contribution in [0.4, 0.5) is 0 Å². The minimum absolute atomic E-state index is 0.241. The summed E-state index contributed by atoms with van der Waals surface area (Å²) in [5.74, 6) is 0. The number of unbranched alkanes of at least 4 members (excludes halogenated alkanes) is 6. The molecular weight excluding hydrogens is 440 g/mol. The highest BCUT2D eigenvalue weighted by atomic mass is 28.4. The van der Waals surface area contributed by atoms with Crippen molar-refractivity contribution in [2.75, 3.05) is 52.9 Å². The fourth-order valence-electron chi connectivity index (χ4n) is 3.97. The fraction of sp³-hybridized carbons (Fsp3) is 1.00. The monoisotopic (exact) mass is 490 g/mol. The molecule has 0 saturated carbocycles. The number of rotatable bonds is 24. The summed E-state index contributed by atoms with van der Waals surface area (Å²) in [4.78, 5) is 0. The van der Waals surface area contributed by atoms with Crippen molar-refractivity contribution in [1.29, 1.82) is 0 Å². The highest BCUT2D eigenvalue weighted by Gasteiger charge is 2.44. The number of hydrogen-bond donors (Lipinski definition) is 0. The van der Waals surface area contributed by atoms with Crippen LogP contribution in [0.15, 0.2) is 0 Å². The Bertz CT molecular complexity index is 477. The number of epoxide rings is 2. The van der Waals surface area contributed by atoms with Crippen LogP contribution in [0.25, 0.3) is 0 Å². The van der Waals surface area contributed by atoms with Gasteiger partial charge in [0.15, 0.2) is 0 Å². The van der Waals surface area contributed by atoms with Crippen molar-refractivity contribution in [3.05, 3.63) is 0 Å². The van der Waals surface area contributed by atoms with Crippen LogP contribution in [-0.4, -0.2) is 79.5 Å². The normalized spacial score (nSPS) is 20.4. The van der Waals surface area contributed by atoms with E-state index in [2.05, 4.69) is 13.8 Å². The zero-order valence-electron chi connectivity index (χ0n) is 21.7. The van der Waals surface area contributed by atoms with Gasteiger partial charge in [-0.1, -0.05) is 32.1 Å². The SMILES string of the molecule is CCO[Si](CCCCCCOCC1CO1)(OCC)OC(C)(C)CCCCCCOCC1CO1. The molecule has 0 bridgehead atoms. The first-order chi connectivity index (χ1) is 16.0. The predicted octanol–water partition coefficient (Wildman–Crippen LogP) is 5.14. The summed E-state index contributed by atoms with van der Waals surface area (Å²) < 4.78 is 40.7. The minimum Gasteiger partial charge on any atom is -0.379 e. The van der Waals surface area contributed by atoms with Gasteiger partial charge in [0.05, 0.1) is 32.0 Å². The molecule has 8 heteroatoms. The molecule has 0 spiro atoms. The second-order valence-electron chi connectivity index (χ2n) is 9.80. The Balaban J connectivity index is 1.60. The van der Waals surface area contributed by atoms with E-state index in [1.807, 2.05) is 13.8 Å². The van der Waals surface area contributed by atoms with Gasteiger partial charge in [0.1, 0.15) is 12.2 Å². The molecule has 0 radical (unpaired) electrons. The molecule has 2 rings (SSSR count). The Morgan fingerprint density at radius 1 is 0.727 bits per heavy atom. The van der Waals surface area contributed by atoms with Crippen molar-refractivity contribution in [2.24, 2.45) is 0 Å². The molecule has 0 aromatic carbocycles. The quantitative estimate of drug-likeness (QED) is 0.105. The zero-order valence-corrected chi connectivity index (χ0v) is 22.7. The van der Waals surface area contributed by atoms with Gasteiger partial charge < -0.3 is 32.2 Å². The van der Waals surface area contributed by atoms with Crippen LogP contribution in [0.3, 0.4) is 0 Å². The Morgan fingerprint density at radius 3 is 1.70 bits per heavy atom. The molecule has 2 heterocycles. The fourth-order valence-corrected chi connectivity index (χ4v) is 7.07. The maximum atomic E-state index is 6.68. The third-order valence-corrected chi connectivity index (χ3v) is 9.20. The lowest BCUT2D eigenvalue weighted by Crippen LogP contribution is -2.51. The van der Waals surface area contributed by atoms with Crippen molar-refractivity contribution in [3.63, 3.8) is 0 Å². The average Bonchev–Trinajstić information content (AvgIpc) is 3.67. The molecule has 0 aliphatic carbocycles. The molecule has 7 nitrogen and oxygen atoms in total. The first kappa shape index (κ1) is 29.2. The molecular formula is C25H50O7Si. The first-order valence-electron chi connectivity index (χ1n) is 13.4. The lowest BCUT2D eigenvalue weighted by atomic mass is 10.0. The highest BCUT2D eigenvalue weighted by molar-refractivity contribution is 6.60. The van der Waals surface area contributed by atoms with Gasteiger partial charge in [0.2, 0.25) is 0 Å². The minimum atomic E-state index is -2.68. The van der Waals surface area contributed by atoms with Crippen LogP contribution in [-0.2, 0) is 32.2 Å². The van der Waals surface area contributed by atoms with Crippen LogP contribution < -0.4 is 0 Å². The van der Waals surface area contributed by atoms with E-state index in [1.165, 1.54) is 12.8 Å². The van der Waals surface area contributed by atoms with Gasteiger partial charge in [-0.2, -0.15) is 0 Å². The third-order valence-electron chi connectivity index (χ3n) is 5.91. The molecule has 0 amide bonds. The van der Waals surface area contributed by atoms with Gasteiger partial charge >= 0.3 is 8.80 Å². The summed E-state index contributed by atoms with van der Waals surface area (Å²) in [5, 5.41) is 0. The molecule has 0 aromatic heterocycles. The Labute approximate surface area is 203 Å². The van der Waals surface area contributed by atoms with E-state index in [0.717, 1.165) is 90.6 Å². The van der Waals surface area contributed by atoms with Crippen LogP contribution in [0.5, 0.6) is 0 Å². The lowest BCUT2D eigenvalue weighted by Gasteiger charge is -2.37. The molecule has 2 saturated heterocycles. The molecule has 196 valence electrons. The van der Waals surface area contributed by atoms with Gasteiger partial charge in [-0.15, -0.1) is 0 Å².